The Morgan fingerprint density at radius 2 is 2.00 bits per heavy atom. The standard InChI is InChI=1S/C24H24ClN5O5S/c1-28-21-16(3-2-4-17(21)25)22(32)29(23(28)33)10-9-26-8-7-15-12-30(24(34)35-15)14-5-6-19-18(11-14)27-20(31)13-36-19/h2-6,11,15,26H,7-10,12-13H2,1H3,(H,27,31)/t15-/m1/s1. The molecule has 0 radical (unpaired) electrons. The number of benzene rings is 2. The molecule has 3 heterocycles. The van der Waals surface area contributed by atoms with Crippen molar-refractivity contribution in [2.75, 3.05) is 35.6 Å². The largest absolute Gasteiger partial charge is 0.444 e. The molecule has 10 nitrogen and oxygen atoms in total. The van der Waals surface area contributed by atoms with Crippen molar-refractivity contribution in [3.05, 3.63) is 62.3 Å². The molecule has 0 unspecified atom stereocenters. The molecule has 0 bridgehead atoms. The molecule has 1 aromatic heterocycles. The van der Waals surface area contributed by atoms with Crippen LogP contribution in [0, 0.1) is 0 Å². The first-order valence-corrected chi connectivity index (χ1v) is 12.8. The molecule has 1 fully saturated rings. The normalized spacial score (nSPS) is 17.3. The molecule has 2 aromatic carbocycles. The third kappa shape index (κ3) is 4.61. The molecule has 0 spiro atoms. The van der Waals surface area contributed by atoms with Crippen LogP contribution < -0.4 is 26.8 Å². The van der Waals surface area contributed by atoms with Crippen molar-refractivity contribution in [2.24, 2.45) is 7.05 Å². The fourth-order valence-corrected chi connectivity index (χ4v) is 5.53. The van der Waals surface area contributed by atoms with Crippen LogP contribution in [0.15, 0.2) is 50.9 Å². The van der Waals surface area contributed by atoms with Gasteiger partial charge < -0.3 is 15.4 Å². The van der Waals surface area contributed by atoms with Crippen molar-refractivity contribution < 1.29 is 14.3 Å². The first-order chi connectivity index (χ1) is 17.3. The highest BCUT2D eigenvalue weighted by atomic mass is 35.5. The summed E-state index contributed by atoms with van der Waals surface area (Å²) in [6.07, 6.45) is -0.164. The van der Waals surface area contributed by atoms with Crippen molar-refractivity contribution in [2.45, 2.75) is 24.0 Å². The average Bonchev–Trinajstić information content (AvgIpc) is 3.23. The number of hydrogen-bond donors (Lipinski definition) is 2. The van der Waals surface area contributed by atoms with E-state index in [0.29, 0.717) is 59.1 Å². The summed E-state index contributed by atoms with van der Waals surface area (Å²) in [7, 11) is 1.59. The molecule has 36 heavy (non-hydrogen) atoms. The number of halogens is 1. The Balaban J connectivity index is 1.16. The molecule has 12 heteroatoms. The summed E-state index contributed by atoms with van der Waals surface area (Å²) >= 11 is 7.65. The van der Waals surface area contributed by atoms with E-state index in [1.807, 2.05) is 12.1 Å². The number of para-hydroxylation sites is 1. The number of anilines is 2. The van der Waals surface area contributed by atoms with E-state index in [4.69, 9.17) is 16.3 Å². The maximum absolute atomic E-state index is 12.8. The molecule has 2 amide bonds. The number of ether oxygens (including phenoxy) is 1. The second-order valence-electron chi connectivity index (χ2n) is 8.61. The molecular weight excluding hydrogens is 506 g/mol. The van der Waals surface area contributed by atoms with Gasteiger partial charge in [-0.2, -0.15) is 0 Å². The zero-order chi connectivity index (χ0) is 25.4. The van der Waals surface area contributed by atoms with Gasteiger partial charge in [-0.25, -0.2) is 9.59 Å². The molecule has 2 N–H and O–H groups in total. The molecule has 1 saturated heterocycles. The SMILES string of the molecule is Cn1c(=O)n(CCNCC[C@@H]2CN(c3ccc4c(c3)NC(=O)CS4)C(=O)O2)c(=O)c2cccc(Cl)c21. The van der Waals surface area contributed by atoms with Gasteiger partial charge in [0.25, 0.3) is 5.56 Å². The summed E-state index contributed by atoms with van der Waals surface area (Å²) in [5, 5.41) is 6.79. The number of fused-ring (bicyclic) bond motifs is 2. The lowest BCUT2D eigenvalue weighted by Crippen LogP contribution is -2.41. The Morgan fingerprint density at radius 1 is 1.17 bits per heavy atom. The van der Waals surface area contributed by atoms with E-state index >= 15 is 0 Å². The Bertz CT molecular complexity index is 1490. The monoisotopic (exact) mass is 529 g/mol. The number of amides is 2. The summed E-state index contributed by atoms with van der Waals surface area (Å²) in [5.41, 5.74) is 0.985. The Labute approximate surface area is 215 Å². The summed E-state index contributed by atoms with van der Waals surface area (Å²) in [6.45, 7) is 1.53. The van der Waals surface area contributed by atoms with Crippen LogP contribution in [-0.4, -0.2) is 52.6 Å². The molecule has 1 atom stereocenters. The number of carbonyl (C=O) groups is 2. The Kier molecular flexibility index (Phi) is 6.78. The van der Waals surface area contributed by atoms with Crippen molar-refractivity contribution in [1.29, 1.82) is 0 Å². The molecule has 0 aliphatic carbocycles. The van der Waals surface area contributed by atoms with Gasteiger partial charge in [0.15, 0.2) is 0 Å². The van der Waals surface area contributed by atoms with Crippen molar-refractivity contribution >= 4 is 57.6 Å². The van der Waals surface area contributed by atoms with Crippen LogP contribution in [0.3, 0.4) is 0 Å². The zero-order valence-electron chi connectivity index (χ0n) is 19.5. The van der Waals surface area contributed by atoms with Crippen molar-refractivity contribution in [1.82, 2.24) is 14.5 Å². The quantitative estimate of drug-likeness (QED) is 0.452. The maximum atomic E-state index is 12.8. The van der Waals surface area contributed by atoms with Crippen LogP contribution in [0.25, 0.3) is 10.9 Å². The smallest absolute Gasteiger partial charge is 0.414 e. The third-order valence-electron chi connectivity index (χ3n) is 6.25. The van der Waals surface area contributed by atoms with Crippen LogP contribution in [0.5, 0.6) is 0 Å². The van der Waals surface area contributed by atoms with Crippen molar-refractivity contribution in [3.63, 3.8) is 0 Å². The number of nitrogens with zero attached hydrogens (tertiary/aromatic N) is 3. The molecule has 2 aliphatic heterocycles. The van der Waals surface area contributed by atoms with Gasteiger partial charge in [0.1, 0.15) is 6.10 Å². The molecule has 5 rings (SSSR count). The summed E-state index contributed by atoms with van der Waals surface area (Å²) in [6, 6.07) is 10.5. The van der Waals surface area contributed by atoms with Gasteiger partial charge in [-0.1, -0.05) is 17.7 Å². The van der Waals surface area contributed by atoms with Gasteiger partial charge in [-0.3, -0.25) is 23.6 Å². The van der Waals surface area contributed by atoms with E-state index in [-0.39, 0.29) is 24.1 Å². The van der Waals surface area contributed by atoms with Crippen LogP contribution in [0.2, 0.25) is 5.02 Å². The second-order valence-corrected chi connectivity index (χ2v) is 10.0. The Morgan fingerprint density at radius 3 is 2.83 bits per heavy atom. The summed E-state index contributed by atoms with van der Waals surface area (Å²) in [4.78, 5) is 52.1. The topological polar surface area (TPSA) is 115 Å². The molecule has 2 aliphatic rings. The van der Waals surface area contributed by atoms with Gasteiger partial charge in [0, 0.05) is 30.7 Å². The van der Waals surface area contributed by atoms with Gasteiger partial charge in [0.2, 0.25) is 5.91 Å². The van der Waals surface area contributed by atoms with Crippen LogP contribution in [0.4, 0.5) is 16.2 Å². The summed E-state index contributed by atoms with van der Waals surface area (Å²) in [5.74, 6) is 0.316. The minimum atomic E-state index is -0.431. The first-order valence-electron chi connectivity index (χ1n) is 11.5. The number of aromatic nitrogens is 2. The average molecular weight is 530 g/mol. The van der Waals surface area contributed by atoms with E-state index in [1.165, 1.54) is 20.9 Å². The number of nitrogens with one attached hydrogen (secondary N) is 2. The lowest BCUT2D eigenvalue weighted by Gasteiger charge is -2.20. The minimum absolute atomic E-state index is 0.0646. The lowest BCUT2D eigenvalue weighted by molar-refractivity contribution is -0.113. The van der Waals surface area contributed by atoms with E-state index in [0.717, 1.165) is 4.90 Å². The number of rotatable bonds is 7. The zero-order valence-corrected chi connectivity index (χ0v) is 21.0. The van der Waals surface area contributed by atoms with Gasteiger partial charge in [-0.15, -0.1) is 11.8 Å². The number of aryl methyl sites for hydroxylation is 1. The second kappa shape index (κ2) is 10.00. The van der Waals surface area contributed by atoms with Gasteiger partial charge in [0.05, 0.1) is 33.9 Å². The van der Waals surface area contributed by atoms with E-state index in [9.17, 15) is 19.2 Å². The highest BCUT2D eigenvalue weighted by molar-refractivity contribution is 8.00. The first kappa shape index (κ1) is 24.4. The molecular formula is C24H24ClN5O5S. The highest BCUT2D eigenvalue weighted by Crippen LogP contribution is 2.35. The van der Waals surface area contributed by atoms with E-state index in [1.54, 1.807) is 36.2 Å². The predicted octanol–water partition coefficient (Wildman–Crippen LogP) is 2.40. The molecule has 3 aromatic rings. The maximum Gasteiger partial charge on any atom is 0.414 e. The molecule has 0 saturated carbocycles. The van der Waals surface area contributed by atoms with E-state index in [2.05, 4.69) is 10.6 Å². The van der Waals surface area contributed by atoms with Crippen LogP contribution in [-0.2, 0) is 23.1 Å². The lowest BCUT2D eigenvalue weighted by atomic mass is 10.2. The number of carbonyl (C=O) groups excluding carboxylic acids is 2. The number of thioether (sulfide) groups is 1. The van der Waals surface area contributed by atoms with Crippen LogP contribution >= 0.6 is 23.4 Å². The number of hydrogen-bond acceptors (Lipinski definition) is 7. The Hall–Kier alpha value is -3.28. The fraction of sp³-hybridized carbons (Fsp3) is 0.333. The van der Waals surface area contributed by atoms with E-state index < -0.39 is 11.8 Å². The summed E-state index contributed by atoms with van der Waals surface area (Å²) < 4.78 is 8.08. The fourth-order valence-electron chi connectivity index (χ4n) is 4.44. The van der Waals surface area contributed by atoms with Crippen LogP contribution in [0.1, 0.15) is 6.42 Å². The van der Waals surface area contributed by atoms with Crippen molar-refractivity contribution in [3.8, 4) is 0 Å². The molecule has 188 valence electrons. The third-order valence-corrected chi connectivity index (χ3v) is 7.63. The van der Waals surface area contributed by atoms with Gasteiger partial charge in [-0.05, 0) is 43.3 Å². The minimum Gasteiger partial charge on any atom is -0.444 e. The predicted molar refractivity (Wildman–Crippen MR) is 139 cm³/mol. The van der Waals surface area contributed by atoms with Gasteiger partial charge >= 0.3 is 11.8 Å². The highest BCUT2D eigenvalue weighted by Gasteiger charge is 2.32. The number of cyclic esters (lactones) is 1.